The lowest BCUT2D eigenvalue weighted by atomic mass is 9.95. The van der Waals surface area contributed by atoms with Crippen molar-refractivity contribution < 1.29 is 14.1 Å². The van der Waals surface area contributed by atoms with Crippen molar-refractivity contribution in [2.75, 3.05) is 24.5 Å². The second kappa shape index (κ2) is 8.89. The normalized spacial score (nSPS) is 18.9. The molecule has 4 heterocycles. The molecule has 2 aromatic carbocycles. The van der Waals surface area contributed by atoms with E-state index in [1.807, 2.05) is 72.1 Å². The number of fused-ring (bicyclic) bond motifs is 1. The molecule has 2 aliphatic rings. The van der Waals surface area contributed by atoms with Gasteiger partial charge in [-0.05, 0) is 38.0 Å². The van der Waals surface area contributed by atoms with Crippen molar-refractivity contribution in [2.45, 2.75) is 32.1 Å². The molecule has 9 heteroatoms. The van der Waals surface area contributed by atoms with Crippen LogP contribution in [0.1, 0.15) is 36.8 Å². The average molecular weight is 485 g/mol. The van der Waals surface area contributed by atoms with Gasteiger partial charge in [0, 0.05) is 55.7 Å². The Hall–Kier alpha value is -4.01. The molecule has 2 saturated heterocycles. The van der Waals surface area contributed by atoms with Crippen LogP contribution in [0.4, 0.5) is 5.69 Å². The maximum Gasteiger partial charge on any atom is 0.230 e. The second-order valence-corrected chi connectivity index (χ2v) is 9.74. The van der Waals surface area contributed by atoms with Gasteiger partial charge in [-0.1, -0.05) is 35.5 Å². The largest absolute Gasteiger partial charge is 0.342 e. The van der Waals surface area contributed by atoms with E-state index in [-0.39, 0.29) is 30.1 Å². The molecular formula is C27H28N6O3. The Morgan fingerprint density at radius 1 is 1.08 bits per heavy atom. The van der Waals surface area contributed by atoms with Gasteiger partial charge in [-0.15, -0.1) is 0 Å². The fraction of sp³-hybridized carbons (Fsp3) is 0.370. The van der Waals surface area contributed by atoms with Crippen molar-refractivity contribution in [3.8, 4) is 11.4 Å². The number of piperidine rings is 1. The van der Waals surface area contributed by atoms with Gasteiger partial charge < -0.3 is 14.3 Å². The van der Waals surface area contributed by atoms with Gasteiger partial charge in [0.05, 0.1) is 17.1 Å². The van der Waals surface area contributed by atoms with E-state index in [0.29, 0.717) is 31.3 Å². The third-order valence-corrected chi connectivity index (χ3v) is 7.43. The topological polar surface area (TPSA) is 97.4 Å². The first-order valence-electron chi connectivity index (χ1n) is 12.4. The van der Waals surface area contributed by atoms with E-state index in [9.17, 15) is 9.59 Å². The molecule has 2 amide bonds. The van der Waals surface area contributed by atoms with Gasteiger partial charge in [0.25, 0.3) is 0 Å². The van der Waals surface area contributed by atoms with E-state index < -0.39 is 0 Å². The molecule has 1 atom stereocenters. The molecular weight excluding hydrogens is 456 g/mol. The summed E-state index contributed by atoms with van der Waals surface area (Å²) in [6.45, 7) is 3.68. The highest BCUT2D eigenvalue weighted by molar-refractivity contribution is 6.00. The quantitative estimate of drug-likeness (QED) is 0.438. The monoisotopic (exact) mass is 484 g/mol. The lowest BCUT2D eigenvalue weighted by Gasteiger charge is -2.32. The SMILES string of the molecule is Cc1nn(C)c2cc(-c3noc(C4CCN(C(=O)C5CC(=O)N(c6ccccc6)C5)CC4)n3)ccc12. The maximum absolute atomic E-state index is 13.2. The minimum atomic E-state index is -0.296. The number of carbonyl (C=O) groups is 2. The maximum atomic E-state index is 13.2. The van der Waals surface area contributed by atoms with Crippen molar-refractivity contribution in [1.82, 2.24) is 24.8 Å². The van der Waals surface area contributed by atoms with Gasteiger partial charge in [0.2, 0.25) is 23.5 Å². The Morgan fingerprint density at radius 3 is 2.64 bits per heavy atom. The van der Waals surface area contributed by atoms with Crippen LogP contribution in [0.2, 0.25) is 0 Å². The van der Waals surface area contributed by atoms with E-state index in [1.165, 1.54) is 0 Å². The fourth-order valence-electron chi connectivity index (χ4n) is 5.43. The molecule has 0 bridgehead atoms. The Labute approximate surface area is 208 Å². The van der Waals surface area contributed by atoms with Crippen LogP contribution < -0.4 is 4.90 Å². The van der Waals surface area contributed by atoms with Crippen molar-refractivity contribution in [1.29, 1.82) is 0 Å². The zero-order valence-corrected chi connectivity index (χ0v) is 20.4. The molecule has 184 valence electrons. The average Bonchev–Trinajstić information content (AvgIpc) is 3.62. The standard InChI is InChI=1S/C27H28N6O3/c1-17-22-9-8-19(14-23(22)31(2)29-17)25-28-26(36-30-25)18-10-12-32(13-11-18)27(35)20-15-24(34)33(16-20)21-6-4-3-5-7-21/h3-9,14,18,20H,10-13,15-16H2,1-2H3. The van der Waals surface area contributed by atoms with Gasteiger partial charge in [-0.3, -0.25) is 14.3 Å². The fourth-order valence-corrected chi connectivity index (χ4v) is 5.43. The van der Waals surface area contributed by atoms with Crippen LogP contribution in [-0.4, -0.2) is 56.3 Å². The van der Waals surface area contributed by atoms with Gasteiger partial charge >= 0.3 is 0 Å². The molecule has 0 N–H and O–H groups in total. The van der Waals surface area contributed by atoms with E-state index in [2.05, 4.69) is 15.2 Å². The van der Waals surface area contributed by atoms with Crippen molar-refractivity contribution >= 4 is 28.4 Å². The Morgan fingerprint density at radius 2 is 1.86 bits per heavy atom. The van der Waals surface area contributed by atoms with Gasteiger partial charge in [-0.25, -0.2) is 0 Å². The number of hydrogen-bond donors (Lipinski definition) is 0. The number of para-hydroxylation sites is 1. The number of amides is 2. The van der Waals surface area contributed by atoms with Crippen LogP contribution in [0.25, 0.3) is 22.3 Å². The third-order valence-electron chi connectivity index (χ3n) is 7.43. The van der Waals surface area contributed by atoms with Gasteiger partial charge in [0.15, 0.2) is 0 Å². The summed E-state index contributed by atoms with van der Waals surface area (Å²) in [4.78, 5) is 34.0. The number of nitrogens with zero attached hydrogens (tertiary/aromatic N) is 6. The van der Waals surface area contributed by atoms with Crippen molar-refractivity contribution in [2.24, 2.45) is 13.0 Å². The van der Waals surface area contributed by atoms with E-state index >= 15 is 0 Å². The molecule has 0 saturated carbocycles. The van der Waals surface area contributed by atoms with Crippen LogP contribution in [0.15, 0.2) is 53.1 Å². The minimum absolute atomic E-state index is 0.00676. The molecule has 2 fully saturated rings. The number of aromatic nitrogens is 4. The lowest BCUT2D eigenvalue weighted by molar-refractivity contribution is -0.136. The molecule has 36 heavy (non-hydrogen) atoms. The summed E-state index contributed by atoms with van der Waals surface area (Å²) in [5.41, 5.74) is 3.76. The predicted octanol–water partition coefficient (Wildman–Crippen LogP) is 3.69. The molecule has 6 rings (SSSR count). The first-order chi connectivity index (χ1) is 17.5. The smallest absolute Gasteiger partial charge is 0.230 e. The number of aryl methyl sites for hydroxylation is 2. The van der Waals surface area contributed by atoms with Gasteiger partial charge in [0.1, 0.15) is 0 Å². The van der Waals surface area contributed by atoms with E-state index in [1.54, 1.807) is 4.90 Å². The highest BCUT2D eigenvalue weighted by atomic mass is 16.5. The highest BCUT2D eigenvalue weighted by Gasteiger charge is 2.38. The van der Waals surface area contributed by atoms with Crippen LogP contribution in [0.3, 0.4) is 0 Å². The molecule has 1 unspecified atom stereocenters. The Balaban J connectivity index is 1.09. The highest BCUT2D eigenvalue weighted by Crippen LogP contribution is 2.32. The molecule has 2 aromatic heterocycles. The first kappa shape index (κ1) is 22.5. The molecule has 9 nitrogen and oxygen atoms in total. The van der Waals surface area contributed by atoms with Crippen molar-refractivity contribution in [3.63, 3.8) is 0 Å². The summed E-state index contributed by atoms with van der Waals surface area (Å²) in [7, 11) is 1.93. The number of anilines is 1. The molecule has 0 aliphatic carbocycles. The number of carbonyl (C=O) groups excluding carboxylic acids is 2. The van der Waals surface area contributed by atoms with Crippen LogP contribution in [0, 0.1) is 12.8 Å². The van der Waals surface area contributed by atoms with E-state index in [0.717, 1.165) is 40.7 Å². The summed E-state index contributed by atoms with van der Waals surface area (Å²) in [6.07, 6.45) is 1.79. The number of likely N-dealkylation sites (tertiary alicyclic amines) is 1. The van der Waals surface area contributed by atoms with E-state index in [4.69, 9.17) is 4.52 Å². The summed E-state index contributed by atoms with van der Waals surface area (Å²) in [6, 6.07) is 15.6. The van der Waals surface area contributed by atoms with Crippen LogP contribution in [0.5, 0.6) is 0 Å². The summed E-state index contributed by atoms with van der Waals surface area (Å²) >= 11 is 0. The predicted molar refractivity (Wildman–Crippen MR) is 134 cm³/mol. The molecule has 0 radical (unpaired) electrons. The number of benzene rings is 2. The summed E-state index contributed by atoms with van der Waals surface area (Å²) < 4.78 is 7.50. The molecule has 2 aliphatic heterocycles. The Bertz CT molecular complexity index is 1430. The Kier molecular flexibility index (Phi) is 5.55. The first-order valence-corrected chi connectivity index (χ1v) is 12.4. The zero-order chi connectivity index (χ0) is 24.8. The third kappa shape index (κ3) is 3.94. The van der Waals surface area contributed by atoms with Crippen LogP contribution >= 0.6 is 0 Å². The molecule has 4 aromatic rings. The minimum Gasteiger partial charge on any atom is -0.342 e. The number of hydrogen-bond acceptors (Lipinski definition) is 6. The van der Waals surface area contributed by atoms with Crippen LogP contribution in [-0.2, 0) is 16.6 Å². The zero-order valence-electron chi connectivity index (χ0n) is 20.4. The summed E-state index contributed by atoms with van der Waals surface area (Å²) in [5, 5.41) is 9.81. The van der Waals surface area contributed by atoms with Crippen molar-refractivity contribution in [3.05, 3.63) is 60.1 Å². The second-order valence-electron chi connectivity index (χ2n) is 9.74. The molecule has 0 spiro atoms. The number of rotatable bonds is 4. The van der Waals surface area contributed by atoms with Gasteiger partial charge in [-0.2, -0.15) is 10.1 Å². The summed E-state index contributed by atoms with van der Waals surface area (Å²) in [5.74, 6) is 1.07. The lowest BCUT2D eigenvalue weighted by Crippen LogP contribution is -2.42.